The normalized spacial score (nSPS) is 12.0. The fourth-order valence-electron chi connectivity index (χ4n) is 1.97. The van der Waals surface area contributed by atoms with Gasteiger partial charge in [0, 0.05) is 5.02 Å². The molecule has 0 aliphatic carbocycles. The van der Waals surface area contributed by atoms with Crippen LogP contribution in [0.1, 0.15) is 6.92 Å². The standard InChI is InChI=1S/C16H14ClN3O4S/c1-9(14(21)18-11-8-10(17)5-6-12(11)22-2)25-16-20-19-15(24-16)13-4-3-7-23-13/h3-9H,1-2H3,(H,18,21)/t9-/m0/s1. The molecule has 0 saturated carbocycles. The van der Waals surface area contributed by atoms with E-state index in [-0.39, 0.29) is 17.0 Å². The summed E-state index contributed by atoms with van der Waals surface area (Å²) in [6.07, 6.45) is 1.51. The second-order valence-electron chi connectivity index (χ2n) is 4.94. The van der Waals surface area contributed by atoms with Gasteiger partial charge in [0.1, 0.15) is 5.75 Å². The summed E-state index contributed by atoms with van der Waals surface area (Å²) >= 11 is 7.10. The van der Waals surface area contributed by atoms with E-state index in [1.54, 1.807) is 37.3 Å². The highest BCUT2D eigenvalue weighted by Crippen LogP contribution is 2.30. The zero-order chi connectivity index (χ0) is 17.8. The van der Waals surface area contributed by atoms with Crippen LogP contribution in [0.2, 0.25) is 5.02 Å². The average molecular weight is 380 g/mol. The Bertz CT molecular complexity index is 866. The molecule has 0 saturated heterocycles. The van der Waals surface area contributed by atoms with Gasteiger partial charge >= 0.3 is 0 Å². The number of hydrogen-bond acceptors (Lipinski definition) is 7. The summed E-state index contributed by atoms with van der Waals surface area (Å²) in [5.74, 6) is 1.01. The SMILES string of the molecule is COc1ccc(Cl)cc1NC(=O)[C@H](C)Sc1nnc(-c2ccco2)o1. The third kappa shape index (κ3) is 4.15. The number of carbonyl (C=O) groups is 1. The van der Waals surface area contributed by atoms with Crippen LogP contribution in [0.3, 0.4) is 0 Å². The Morgan fingerprint density at radius 2 is 2.20 bits per heavy atom. The maximum atomic E-state index is 12.4. The minimum Gasteiger partial charge on any atom is -0.495 e. The van der Waals surface area contributed by atoms with E-state index in [9.17, 15) is 4.79 Å². The fraction of sp³-hybridized carbons (Fsp3) is 0.188. The van der Waals surface area contributed by atoms with Gasteiger partial charge in [0.2, 0.25) is 5.91 Å². The summed E-state index contributed by atoms with van der Waals surface area (Å²) in [4.78, 5) is 12.4. The van der Waals surface area contributed by atoms with Crippen molar-refractivity contribution in [1.82, 2.24) is 10.2 Å². The van der Waals surface area contributed by atoms with Crippen molar-refractivity contribution >= 4 is 35.0 Å². The van der Waals surface area contributed by atoms with Crippen LogP contribution in [0.4, 0.5) is 5.69 Å². The number of methoxy groups -OCH3 is 1. The first-order valence-corrected chi connectivity index (χ1v) is 8.51. The number of carbonyl (C=O) groups excluding carboxylic acids is 1. The Hall–Kier alpha value is -2.45. The average Bonchev–Trinajstić information content (AvgIpc) is 3.26. The molecule has 1 N–H and O–H groups in total. The number of rotatable bonds is 6. The van der Waals surface area contributed by atoms with Gasteiger partial charge in [-0.15, -0.1) is 10.2 Å². The third-order valence-electron chi connectivity index (χ3n) is 3.20. The zero-order valence-corrected chi connectivity index (χ0v) is 14.9. The number of hydrogen-bond donors (Lipinski definition) is 1. The van der Waals surface area contributed by atoms with E-state index in [0.717, 1.165) is 11.8 Å². The van der Waals surface area contributed by atoms with E-state index in [1.165, 1.54) is 13.4 Å². The second kappa shape index (κ2) is 7.62. The monoisotopic (exact) mass is 379 g/mol. The molecule has 0 spiro atoms. The largest absolute Gasteiger partial charge is 0.495 e. The first-order chi connectivity index (χ1) is 12.1. The number of amides is 1. The molecule has 130 valence electrons. The molecule has 1 amide bonds. The number of ether oxygens (including phenoxy) is 1. The second-order valence-corrected chi connectivity index (χ2v) is 6.67. The Morgan fingerprint density at radius 1 is 1.36 bits per heavy atom. The van der Waals surface area contributed by atoms with Crippen LogP contribution in [-0.4, -0.2) is 28.5 Å². The molecule has 1 atom stereocenters. The van der Waals surface area contributed by atoms with Crippen molar-refractivity contribution < 1.29 is 18.4 Å². The lowest BCUT2D eigenvalue weighted by molar-refractivity contribution is -0.115. The van der Waals surface area contributed by atoms with Gasteiger partial charge < -0.3 is 18.9 Å². The summed E-state index contributed by atoms with van der Waals surface area (Å²) in [5, 5.41) is 10.9. The lowest BCUT2D eigenvalue weighted by Gasteiger charge is -2.13. The number of thioether (sulfide) groups is 1. The molecular weight excluding hydrogens is 366 g/mol. The molecule has 0 fully saturated rings. The van der Waals surface area contributed by atoms with E-state index >= 15 is 0 Å². The Labute approximate surface area is 152 Å². The van der Waals surface area contributed by atoms with Crippen molar-refractivity contribution in [2.75, 3.05) is 12.4 Å². The molecule has 2 aromatic heterocycles. The first-order valence-electron chi connectivity index (χ1n) is 7.25. The summed E-state index contributed by atoms with van der Waals surface area (Å²) < 4.78 is 15.9. The maximum absolute atomic E-state index is 12.4. The number of aromatic nitrogens is 2. The number of nitrogens with zero attached hydrogens (tertiary/aromatic N) is 2. The molecule has 0 radical (unpaired) electrons. The predicted octanol–water partition coefficient (Wildman–Crippen LogP) is 4.11. The van der Waals surface area contributed by atoms with E-state index in [4.69, 9.17) is 25.2 Å². The van der Waals surface area contributed by atoms with Crippen LogP contribution < -0.4 is 10.1 Å². The molecular formula is C16H14ClN3O4S. The minimum absolute atomic E-state index is 0.247. The minimum atomic E-state index is -0.478. The quantitative estimate of drug-likeness (QED) is 0.644. The third-order valence-corrected chi connectivity index (χ3v) is 4.37. The first kappa shape index (κ1) is 17.4. The van der Waals surface area contributed by atoms with Gasteiger partial charge in [0.25, 0.3) is 11.1 Å². The van der Waals surface area contributed by atoms with Crippen LogP contribution in [0.25, 0.3) is 11.7 Å². The van der Waals surface area contributed by atoms with Crippen molar-refractivity contribution in [1.29, 1.82) is 0 Å². The lowest BCUT2D eigenvalue weighted by Crippen LogP contribution is -2.22. The Balaban J connectivity index is 1.66. The molecule has 25 heavy (non-hydrogen) atoms. The van der Waals surface area contributed by atoms with Gasteiger partial charge in [0.05, 0.1) is 24.3 Å². The van der Waals surface area contributed by atoms with Gasteiger partial charge in [-0.1, -0.05) is 23.4 Å². The van der Waals surface area contributed by atoms with Gasteiger partial charge in [-0.25, -0.2) is 0 Å². The molecule has 2 heterocycles. The fourth-order valence-corrected chi connectivity index (χ4v) is 2.83. The van der Waals surface area contributed by atoms with E-state index < -0.39 is 5.25 Å². The zero-order valence-electron chi connectivity index (χ0n) is 13.4. The van der Waals surface area contributed by atoms with Crippen LogP contribution in [0, 0.1) is 0 Å². The summed E-state index contributed by atoms with van der Waals surface area (Å²) in [7, 11) is 1.52. The topological polar surface area (TPSA) is 90.4 Å². The van der Waals surface area contributed by atoms with E-state index in [0.29, 0.717) is 22.2 Å². The van der Waals surface area contributed by atoms with Gasteiger partial charge in [0.15, 0.2) is 5.76 Å². The van der Waals surface area contributed by atoms with Gasteiger partial charge in [-0.3, -0.25) is 4.79 Å². The highest BCUT2D eigenvalue weighted by molar-refractivity contribution is 8.00. The smallest absolute Gasteiger partial charge is 0.284 e. The molecule has 9 heteroatoms. The molecule has 0 unspecified atom stereocenters. The maximum Gasteiger partial charge on any atom is 0.284 e. The van der Waals surface area contributed by atoms with Crippen LogP contribution in [0.15, 0.2) is 50.7 Å². The highest BCUT2D eigenvalue weighted by Gasteiger charge is 2.20. The molecule has 0 aliphatic heterocycles. The lowest BCUT2D eigenvalue weighted by atomic mass is 10.3. The van der Waals surface area contributed by atoms with Crippen LogP contribution in [-0.2, 0) is 4.79 Å². The van der Waals surface area contributed by atoms with Crippen molar-refractivity contribution in [3.05, 3.63) is 41.6 Å². The molecule has 1 aromatic carbocycles. The number of halogens is 1. The predicted molar refractivity (Wildman–Crippen MR) is 94.0 cm³/mol. The molecule has 0 aliphatic rings. The summed E-state index contributed by atoms with van der Waals surface area (Å²) in [6, 6.07) is 8.42. The summed E-state index contributed by atoms with van der Waals surface area (Å²) in [6.45, 7) is 1.73. The van der Waals surface area contributed by atoms with Gasteiger partial charge in [-0.05, 0) is 37.3 Å². The molecule has 7 nitrogen and oxygen atoms in total. The van der Waals surface area contributed by atoms with Crippen molar-refractivity contribution in [2.45, 2.75) is 17.4 Å². The molecule has 0 bridgehead atoms. The van der Waals surface area contributed by atoms with Crippen molar-refractivity contribution in [3.8, 4) is 17.4 Å². The number of furan rings is 1. The van der Waals surface area contributed by atoms with Crippen LogP contribution >= 0.6 is 23.4 Å². The highest BCUT2D eigenvalue weighted by atomic mass is 35.5. The van der Waals surface area contributed by atoms with E-state index in [2.05, 4.69) is 15.5 Å². The van der Waals surface area contributed by atoms with E-state index in [1.807, 2.05) is 0 Å². The number of anilines is 1. The molecule has 3 aromatic rings. The number of nitrogens with one attached hydrogen (secondary N) is 1. The van der Waals surface area contributed by atoms with Crippen molar-refractivity contribution in [2.24, 2.45) is 0 Å². The van der Waals surface area contributed by atoms with Crippen LogP contribution in [0.5, 0.6) is 5.75 Å². The Kier molecular flexibility index (Phi) is 5.30. The number of benzene rings is 1. The summed E-state index contributed by atoms with van der Waals surface area (Å²) in [5.41, 5.74) is 0.495. The van der Waals surface area contributed by atoms with Crippen molar-refractivity contribution in [3.63, 3.8) is 0 Å². The van der Waals surface area contributed by atoms with Gasteiger partial charge in [-0.2, -0.15) is 0 Å². The Morgan fingerprint density at radius 3 is 2.92 bits per heavy atom. The molecule has 3 rings (SSSR count).